The molecule has 0 amide bonds. The summed E-state index contributed by atoms with van der Waals surface area (Å²) in [5.41, 5.74) is 0.386. The molecule has 33 heavy (non-hydrogen) atoms. The van der Waals surface area contributed by atoms with Gasteiger partial charge in [0.1, 0.15) is 22.8 Å². The van der Waals surface area contributed by atoms with E-state index in [0.717, 1.165) is 21.5 Å². The van der Waals surface area contributed by atoms with Crippen LogP contribution >= 0.6 is 0 Å². The summed E-state index contributed by atoms with van der Waals surface area (Å²) in [7, 11) is -3.96. The maximum absolute atomic E-state index is 13.6. The van der Waals surface area contributed by atoms with E-state index in [-0.39, 0.29) is 0 Å². The van der Waals surface area contributed by atoms with Crippen LogP contribution in [-0.4, -0.2) is 22.6 Å². The van der Waals surface area contributed by atoms with Crippen molar-refractivity contribution in [1.82, 2.24) is 0 Å². The fraction of sp³-hybridized carbons (Fsp3) is 0.222. The molecule has 0 heterocycles. The van der Waals surface area contributed by atoms with E-state index in [1.54, 1.807) is 6.07 Å². The van der Waals surface area contributed by atoms with E-state index in [1.807, 2.05) is 66.7 Å². The standard InChI is InChI=1S/C27H30O4Si2/c1-32(2,3)30-25-18-23(26(31-33(4,5)6)22-16-10-9-15-21(22)25)27(28)29-24-17-11-13-19-12-7-8-14-20(19)24/h7-18H,1-6H3. The fourth-order valence-corrected chi connectivity index (χ4v) is 5.40. The Morgan fingerprint density at radius 1 is 0.636 bits per heavy atom. The molecule has 0 aliphatic carbocycles. The lowest BCUT2D eigenvalue weighted by atomic mass is 10.0. The third-order valence-corrected chi connectivity index (χ3v) is 6.60. The average molecular weight is 475 g/mol. The zero-order chi connectivity index (χ0) is 23.8. The van der Waals surface area contributed by atoms with Crippen LogP contribution in [0, 0.1) is 0 Å². The van der Waals surface area contributed by atoms with Crippen LogP contribution in [0.25, 0.3) is 21.5 Å². The van der Waals surface area contributed by atoms with Gasteiger partial charge in [-0.2, -0.15) is 0 Å². The van der Waals surface area contributed by atoms with Crippen LogP contribution in [0.5, 0.6) is 17.2 Å². The van der Waals surface area contributed by atoms with Crippen molar-refractivity contribution in [2.75, 3.05) is 0 Å². The van der Waals surface area contributed by atoms with E-state index in [2.05, 4.69) is 39.3 Å². The largest absolute Gasteiger partial charge is 0.544 e. The van der Waals surface area contributed by atoms with Crippen molar-refractivity contribution in [1.29, 1.82) is 0 Å². The molecule has 0 aromatic heterocycles. The monoisotopic (exact) mass is 474 g/mol. The highest BCUT2D eigenvalue weighted by molar-refractivity contribution is 6.71. The zero-order valence-corrected chi connectivity index (χ0v) is 22.1. The Kier molecular flexibility index (Phi) is 6.07. The summed E-state index contributed by atoms with van der Waals surface area (Å²) in [6, 6.07) is 23.3. The Balaban J connectivity index is 1.88. The van der Waals surface area contributed by atoms with Gasteiger partial charge < -0.3 is 13.6 Å². The van der Waals surface area contributed by atoms with Gasteiger partial charge in [-0.1, -0.05) is 60.7 Å². The minimum Gasteiger partial charge on any atom is -0.544 e. The molecule has 0 saturated heterocycles. The molecule has 4 aromatic rings. The molecule has 170 valence electrons. The number of hydrogen-bond donors (Lipinski definition) is 0. The van der Waals surface area contributed by atoms with Crippen LogP contribution in [0.3, 0.4) is 0 Å². The summed E-state index contributed by atoms with van der Waals surface area (Å²) in [5.74, 6) is 1.33. The van der Waals surface area contributed by atoms with Gasteiger partial charge in [0.15, 0.2) is 0 Å². The summed E-state index contributed by atoms with van der Waals surface area (Å²) in [6.45, 7) is 12.7. The minimum absolute atomic E-state index is 0.386. The van der Waals surface area contributed by atoms with Gasteiger partial charge in [-0.3, -0.25) is 0 Å². The Hall–Kier alpha value is -3.10. The second kappa shape index (κ2) is 8.69. The predicted molar refractivity (Wildman–Crippen MR) is 141 cm³/mol. The highest BCUT2D eigenvalue weighted by Gasteiger charge is 2.28. The van der Waals surface area contributed by atoms with Gasteiger partial charge in [-0.15, -0.1) is 0 Å². The summed E-state index contributed by atoms with van der Waals surface area (Å²) in [6.07, 6.45) is 0. The topological polar surface area (TPSA) is 44.8 Å². The maximum atomic E-state index is 13.6. The van der Waals surface area contributed by atoms with Crippen LogP contribution in [-0.2, 0) is 0 Å². The first-order chi connectivity index (χ1) is 15.5. The minimum atomic E-state index is -2.03. The molecule has 0 fully saturated rings. The lowest BCUT2D eigenvalue weighted by Gasteiger charge is -2.26. The molecule has 0 aliphatic heterocycles. The van der Waals surface area contributed by atoms with Crippen molar-refractivity contribution in [3.63, 3.8) is 0 Å². The first kappa shape index (κ1) is 23.1. The van der Waals surface area contributed by atoms with Gasteiger partial charge >= 0.3 is 5.97 Å². The number of benzene rings is 4. The van der Waals surface area contributed by atoms with Crippen molar-refractivity contribution in [2.24, 2.45) is 0 Å². The van der Waals surface area contributed by atoms with Crippen molar-refractivity contribution < 1.29 is 18.4 Å². The van der Waals surface area contributed by atoms with Crippen LogP contribution in [0.1, 0.15) is 10.4 Å². The Labute approximate surface area is 197 Å². The van der Waals surface area contributed by atoms with Crippen molar-refractivity contribution in [3.8, 4) is 17.2 Å². The van der Waals surface area contributed by atoms with Crippen LogP contribution in [0.2, 0.25) is 39.3 Å². The quantitative estimate of drug-likeness (QED) is 0.164. The fourth-order valence-electron chi connectivity index (χ4n) is 3.74. The molecular formula is C27H30O4Si2. The third kappa shape index (κ3) is 5.29. The molecule has 0 saturated carbocycles. The normalized spacial score (nSPS) is 12.1. The Morgan fingerprint density at radius 3 is 1.88 bits per heavy atom. The first-order valence-electron chi connectivity index (χ1n) is 11.2. The highest BCUT2D eigenvalue weighted by atomic mass is 28.4. The molecule has 0 aliphatic rings. The average Bonchev–Trinajstić information content (AvgIpc) is 2.74. The SMILES string of the molecule is C[Si](C)(C)Oc1cc(C(=O)Oc2cccc3ccccc23)c(O[Si](C)(C)C)c2ccccc12. The predicted octanol–water partition coefficient (Wildman–Crippen LogP) is 7.64. The number of hydrogen-bond acceptors (Lipinski definition) is 4. The van der Waals surface area contributed by atoms with E-state index in [0.29, 0.717) is 22.8 Å². The summed E-state index contributed by atoms with van der Waals surface area (Å²) in [5, 5.41) is 3.71. The molecule has 0 bridgehead atoms. The van der Waals surface area contributed by atoms with Gasteiger partial charge in [-0.05, 0) is 56.8 Å². The maximum Gasteiger partial charge on any atom is 0.347 e. The van der Waals surface area contributed by atoms with Crippen LogP contribution in [0.4, 0.5) is 0 Å². The summed E-state index contributed by atoms with van der Waals surface area (Å²) >= 11 is 0. The van der Waals surface area contributed by atoms with E-state index < -0.39 is 22.6 Å². The number of rotatable bonds is 6. The van der Waals surface area contributed by atoms with Crippen molar-refractivity contribution in [3.05, 3.63) is 78.4 Å². The number of esters is 1. The number of fused-ring (bicyclic) bond motifs is 2. The number of ether oxygens (including phenoxy) is 1. The Bertz CT molecular complexity index is 1330. The van der Waals surface area contributed by atoms with E-state index in [9.17, 15) is 4.79 Å². The van der Waals surface area contributed by atoms with Crippen molar-refractivity contribution in [2.45, 2.75) is 39.3 Å². The molecular weight excluding hydrogens is 444 g/mol. The molecule has 0 N–H and O–H groups in total. The lowest BCUT2D eigenvalue weighted by Crippen LogP contribution is -2.31. The first-order valence-corrected chi connectivity index (χ1v) is 18.0. The van der Waals surface area contributed by atoms with Crippen LogP contribution < -0.4 is 13.6 Å². The highest BCUT2D eigenvalue weighted by Crippen LogP contribution is 2.40. The van der Waals surface area contributed by atoms with Gasteiger partial charge in [0.2, 0.25) is 16.6 Å². The molecule has 4 nitrogen and oxygen atoms in total. The molecule has 4 rings (SSSR count). The second-order valence-electron chi connectivity index (χ2n) is 10.1. The molecule has 4 aromatic carbocycles. The van der Waals surface area contributed by atoms with Gasteiger partial charge in [0.25, 0.3) is 0 Å². The third-order valence-electron chi connectivity index (χ3n) is 4.95. The van der Waals surface area contributed by atoms with Crippen LogP contribution in [0.15, 0.2) is 72.8 Å². The molecule has 0 atom stereocenters. The van der Waals surface area contributed by atoms with Gasteiger partial charge in [0.05, 0.1) is 0 Å². The van der Waals surface area contributed by atoms with Crippen molar-refractivity contribution >= 4 is 44.1 Å². The molecule has 0 radical (unpaired) electrons. The van der Waals surface area contributed by atoms with E-state index in [1.165, 1.54) is 0 Å². The summed E-state index contributed by atoms with van der Waals surface area (Å²) < 4.78 is 18.8. The van der Waals surface area contributed by atoms with Gasteiger partial charge in [-0.25, -0.2) is 4.79 Å². The van der Waals surface area contributed by atoms with E-state index in [4.69, 9.17) is 13.6 Å². The zero-order valence-electron chi connectivity index (χ0n) is 20.1. The smallest absolute Gasteiger partial charge is 0.347 e. The number of carbonyl (C=O) groups excluding carboxylic acids is 1. The number of carbonyl (C=O) groups is 1. The molecule has 6 heteroatoms. The summed E-state index contributed by atoms with van der Waals surface area (Å²) in [4.78, 5) is 13.6. The van der Waals surface area contributed by atoms with Gasteiger partial charge in [0, 0.05) is 16.2 Å². The molecule has 0 unspecified atom stereocenters. The molecule has 0 spiro atoms. The van der Waals surface area contributed by atoms with E-state index >= 15 is 0 Å². The lowest BCUT2D eigenvalue weighted by molar-refractivity contribution is 0.0735. The second-order valence-corrected chi connectivity index (χ2v) is 19.0. The Morgan fingerprint density at radius 2 is 1.21 bits per heavy atom.